The molecule has 1 aliphatic rings. The molecule has 6 nitrogen and oxygen atoms in total. The lowest BCUT2D eigenvalue weighted by Gasteiger charge is -2.34. The zero-order chi connectivity index (χ0) is 22.8. The molecule has 5 rings (SSSR count). The van der Waals surface area contributed by atoms with Gasteiger partial charge in [-0.15, -0.1) is 0 Å². The molecule has 0 atom stereocenters. The number of nitrogen functional groups attached to an aromatic ring is 1. The largest absolute Gasteiger partial charge is 0.494 e. The van der Waals surface area contributed by atoms with E-state index in [1.165, 1.54) is 5.69 Å². The van der Waals surface area contributed by atoms with Gasteiger partial charge in [-0.1, -0.05) is 24.3 Å². The van der Waals surface area contributed by atoms with Gasteiger partial charge in [0.25, 0.3) is 0 Å². The highest BCUT2D eigenvalue weighted by molar-refractivity contribution is 6.02. The lowest BCUT2D eigenvalue weighted by Crippen LogP contribution is -2.44. The predicted molar refractivity (Wildman–Crippen MR) is 137 cm³/mol. The molecule has 4 aromatic rings. The van der Waals surface area contributed by atoms with Crippen molar-refractivity contribution in [2.24, 2.45) is 4.99 Å². The lowest BCUT2D eigenvalue weighted by atomic mass is 10.0. The highest BCUT2D eigenvalue weighted by Gasteiger charge is 2.14. The summed E-state index contributed by atoms with van der Waals surface area (Å²) in [4.78, 5) is 12.5. The van der Waals surface area contributed by atoms with Crippen molar-refractivity contribution < 1.29 is 5.11 Å². The number of nitrogens with zero attached hydrogens (tertiary/aromatic N) is 3. The second-order valence-corrected chi connectivity index (χ2v) is 8.75. The predicted octanol–water partition coefficient (Wildman–Crippen LogP) is 4.55. The maximum absolute atomic E-state index is 10.5. The fourth-order valence-electron chi connectivity index (χ4n) is 4.38. The maximum atomic E-state index is 10.5. The Hall–Kier alpha value is -3.77. The van der Waals surface area contributed by atoms with Crippen molar-refractivity contribution in [3.63, 3.8) is 0 Å². The van der Waals surface area contributed by atoms with Gasteiger partial charge in [0.15, 0.2) is 5.88 Å². The third kappa shape index (κ3) is 4.71. The summed E-state index contributed by atoms with van der Waals surface area (Å²) in [6.45, 7) is 4.26. The zero-order valence-corrected chi connectivity index (χ0v) is 18.8. The minimum Gasteiger partial charge on any atom is -0.494 e. The quantitative estimate of drug-likeness (QED) is 0.315. The summed E-state index contributed by atoms with van der Waals surface area (Å²) in [6, 6.07) is 22.4. The van der Waals surface area contributed by atoms with Crippen molar-refractivity contribution in [1.82, 2.24) is 9.88 Å². The molecule has 0 spiro atoms. The smallest absolute Gasteiger partial charge is 0.198 e. The molecule has 1 saturated heterocycles. The van der Waals surface area contributed by atoms with Crippen molar-refractivity contribution in [1.29, 1.82) is 0 Å². The number of H-pyrrole nitrogens is 1. The van der Waals surface area contributed by atoms with Crippen LogP contribution < -0.4 is 10.6 Å². The summed E-state index contributed by atoms with van der Waals surface area (Å²) in [5.74, 6) is 0.129. The molecule has 168 valence electrons. The van der Waals surface area contributed by atoms with Crippen molar-refractivity contribution in [2.45, 2.75) is 6.42 Å². The number of aromatic nitrogens is 1. The van der Waals surface area contributed by atoms with E-state index in [1.807, 2.05) is 36.4 Å². The van der Waals surface area contributed by atoms with Gasteiger partial charge in [0.05, 0.1) is 11.3 Å². The van der Waals surface area contributed by atoms with E-state index in [9.17, 15) is 5.11 Å². The van der Waals surface area contributed by atoms with Gasteiger partial charge in [-0.2, -0.15) is 0 Å². The maximum Gasteiger partial charge on any atom is 0.198 e. The number of aromatic amines is 1. The van der Waals surface area contributed by atoms with Crippen LogP contribution in [0, 0.1) is 0 Å². The highest BCUT2D eigenvalue weighted by atomic mass is 16.3. The first-order valence-corrected chi connectivity index (χ1v) is 11.3. The van der Waals surface area contributed by atoms with Crippen LogP contribution >= 0.6 is 0 Å². The molecule has 33 heavy (non-hydrogen) atoms. The summed E-state index contributed by atoms with van der Waals surface area (Å²) < 4.78 is 0. The van der Waals surface area contributed by atoms with Crippen LogP contribution in [0.1, 0.15) is 16.7 Å². The number of benzene rings is 3. The summed E-state index contributed by atoms with van der Waals surface area (Å²) in [7, 11) is 2.16. The van der Waals surface area contributed by atoms with Gasteiger partial charge >= 0.3 is 0 Å². The minimum absolute atomic E-state index is 0.129. The van der Waals surface area contributed by atoms with Crippen molar-refractivity contribution >= 4 is 34.2 Å². The Morgan fingerprint density at radius 1 is 0.970 bits per heavy atom. The Balaban J connectivity index is 1.32. The van der Waals surface area contributed by atoms with Gasteiger partial charge in [-0.3, -0.25) is 4.99 Å². The Kier molecular flexibility index (Phi) is 5.75. The normalized spacial score (nSPS) is 15.0. The number of fused-ring (bicyclic) bond motifs is 1. The highest BCUT2D eigenvalue weighted by Crippen LogP contribution is 2.28. The second kappa shape index (κ2) is 9.00. The van der Waals surface area contributed by atoms with Crippen LogP contribution in [0.3, 0.4) is 0 Å². The molecular formula is C27H29N5O. The molecule has 0 aliphatic carbocycles. The zero-order valence-electron chi connectivity index (χ0n) is 18.8. The molecule has 3 aromatic carbocycles. The summed E-state index contributed by atoms with van der Waals surface area (Å²) in [5.41, 5.74) is 12.7. The van der Waals surface area contributed by atoms with Gasteiger partial charge in [0.2, 0.25) is 0 Å². The molecule has 0 bridgehead atoms. The first kappa shape index (κ1) is 21.1. The third-order valence-electron chi connectivity index (χ3n) is 6.30. The number of rotatable bonds is 5. The lowest BCUT2D eigenvalue weighted by molar-refractivity contribution is 0.313. The molecular weight excluding hydrogens is 410 g/mol. The molecule has 1 aromatic heterocycles. The molecule has 2 heterocycles. The van der Waals surface area contributed by atoms with Crippen molar-refractivity contribution in [2.75, 3.05) is 43.9 Å². The number of piperazine rings is 1. The molecule has 4 N–H and O–H groups in total. The van der Waals surface area contributed by atoms with Gasteiger partial charge in [0.1, 0.15) is 0 Å². The molecule has 1 aliphatic heterocycles. The van der Waals surface area contributed by atoms with E-state index in [2.05, 4.69) is 57.2 Å². The topological polar surface area (TPSA) is 80.9 Å². The van der Waals surface area contributed by atoms with E-state index in [0.717, 1.165) is 66.0 Å². The van der Waals surface area contributed by atoms with E-state index in [4.69, 9.17) is 5.73 Å². The number of aromatic hydroxyl groups is 1. The summed E-state index contributed by atoms with van der Waals surface area (Å²) in [5, 5.41) is 11.4. The number of hydrogen-bond donors (Lipinski definition) is 3. The summed E-state index contributed by atoms with van der Waals surface area (Å²) in [6.07, 6.45) is 2.51. The van der Waals surface area contributed by atoms with Crippen LogP contribution in [-0.2, 0) is 6.42 Å². The van der Waals surface area contributed by atoms with Crippen LogP contribution in [0.25, 0.3) is 10.9 Å². The van der Waals surface area contributed by atoms with E-state index < -0.39 is 0 Å². The van der Waals surface area contributed by atoms with E-state index in [0.29, 0.717) is 5.56 Å². The first-order valence-electron chi connectivity index (χ1n) is 11.3. The third-order valence-corrected chi connectivity index (χ3v) is 6.30. The van der Waals surface area contributed by atoms with Gasteiger partial charge in [-0.25, -0.2) is 0 Å². The van der Waals surface area contributed by atoms with Crippen LogP contribution in [0.5, 0.6) is 5.88 Å². The molecule has 0 saturated carbocycles. The fourth-order valence-corrected chi connectivity index (χ4v) is 4.38. The first-order chi connectivity index (χ1) is 16.0. The Bertz CT molecular complexity index is 1280. The number of aliphatic imine (C=N–C) groups is 1. The van der Waals surface area contributed by atoms with Gasteiger partial charge in [0, 0.05) is 54.7 Å². The number of likely N-dealkylation sites (N-methyl/N-ethyl adjacent to an activating group) is 1. The number of nitrogens with two attached hydrogens (primary N) is 1. The standard InChI is InChI=1S/C27H29N5O/c1-31-11-13-32(14-12-31)23-8-6-22(7-9-23)29-18-25-24-10-5-20(17-26(24)30-27(25)33)15-19-3-2-4-21(28)16-19/h2-10,16-18,30,33H,11-15,28H2,1H3. The fraction of sp³-hybridized carbons (Fsp3) is 0.222. The Morgan fingerprint density at radius 3 is 2.48 bits per heavy atom. The van der Waals surface area contributed by atoms with Gasteiger partial charge < -0.3 is 25.6 Å². The Morgan fingerprint density at radius 2 is 1.73 bits per heavy atom. The Labute approximate surface area is 194 Å². The van der Waals surface area contributed by atoms with E-state index in [-0.39, 0.29) is 5.88 Å². The average molecular weight is 440 g/mol. The SMILES string of the molecule is CN1CCN(c2ccc(N=Cc3c(O)[nH]c4cc(Cc5cccc(N)c5)ccc34)cc2)CC1. The average Bonchev–Trinajstić information content (AvgIpc) is 3.13. The van der Waals surface area contributed by atoms with E-state index in [1.54, 1.807) is 6.21 Å². The van der Waals surface area contributed by atoms with Crippen LogP contribution in [0.4, 0.5) is 17.1 Å². The van der Waals surface area contributed by atoms with Crippen molar-refractivity contribution in [3.05, 3.63) is 83.4 Å². The van der Waals surface area contributed by atoms with Crippen LogP contribution in [0.15, 0.2) is 71.7 Å². The monoisotopic (exact) mass is 439 g/mol. The molecule has 0 unspecified atom stereocenters. The molecule has 0 amide bonds. The van der Waals surface area contributed by atoms with Gasteiger partial charge in [-0.05, 0) is 67.1 Å². The molecule has 6 heteroatoms. The number of nitrogens with one attached hydrogen (secondary N) is 1. The van der Waals surface area contributed by atoms with Crippen LogP contribution in [0.2, 0.25) is 0 Å². The van der Waals surface area contributed by atoms with E-state index >= 15 is 0 Å². The van der Waals surface area contributed by atoms with Crippen LogP contribution in [-0.4, -0.2) is 54.4 Å². The molecule has 1 fully saturated rings. The van der Waals surface area contributed by atoms with Crippen molar-refractivity contribution in [3.8, 4) is 5.88 Å². The summed E-state index contributed by atoms with van der Waals surface area (Å²) >= 11 is 0. The second-order valence-electron chi connectivity index (χ2n) is 8.75. The molecule has 0 radical (unpaired) electrons. The number of hydrogen-bond acceptors (Lipinski definition) is 5. The minimum atomic E-state index is 0.129. The number of anilines is 2.